The van der Waals surface area contributed by atoms with Gasteiger partial charge in [0.25, 0.3) is 5.91 Å². The Bertz CT molecular complexity index is 1160. The number of nitrogens with zero attached hydrogens (tertiary/aromatic N) is 1. The molecule has 0 saturated heterocycles. The first kappa shape index (κ1) is 29.0. The summed E-state index contributed by atoms with van der Waals surface area (Å²) in [6.07, 6.45) is 0.139. The van der Waals surface area contributed by atoms with Crippen molar-refractivity contribution < 1.29 is 24.2 Å². The van der Waals surface area contributed by atoms with E-state index in [2.05, 4.69) is 21.2 Å². The first-order valence-electron chi connectivity index (χ1n) is 11.6. The predicted octanol–water partition coefficient (Wildman–Crippen LogP) is 3.91. The highest BCUT2D eigenvalue weighted by atomic mass is 35.5. The molecule has 0 aromatic heterocycles. The smallest absolute Gasteiger partial charge is 0.258 e. The van der Waals surface area contributed by atoms with Crippen LogP contribution in [0.2, 0.25) is 15.1 Å². The van der Waals surface area contributed by atoms with Crippen LogP contribution >= 0.6 is 34.8 Å². The van der Waals surface area contributed by atoms with Gasteiger partial charge in [-0.25, -0.2) is 5.43 Å². The zero-order chi connectivity index (χ0) is 27.0. The highest BCUT2D eigenvalue weighted by Crippen LogP contribution is 2.32. The number of nitrogens with one attached hydrogen (secondary N) is 3. The van der Waals surface area contributed by atoms with E-state index in [-0.39, 0.29) is 38.0 Å². The molecular formula is C25H29Cl3N4O5. The lowest BCUT2D eigenvalue weighted by atomic mass is 10.0. The van der Waals surface area contributed by atoms with Gasteiger partial charge in [0.1, 0.15) is 22.7 Å². The first-order chi connectivity index (χ1) is 17.6. The zero-order valence-corrected chi connectivity index (χ0v) is 22.7. The van der Waals surface area contributed by atoms with Gasteiger partial charge in [-0.05, 0) is 38.1 Å². The lowest BCUT2D eigenvalue weighted by Gasteiger charge is -2.30. The lowest BCUT2D eigenvalue weighted by molar-refractivity contribution is -0.123. The summed E-state index contributed by atoms with van der Waals surface area (Å²) in [5.74, 6) is 0.233. The second-order valence-electron chi connectivity index (χ2n) is 9.01. The number of aliphatic hydroxyl groups is 1. The minimum Gasteiger partial charge on any atom is -0.492 e. The van der Waals surface area contributed by atoms with Gasteiger partial charge in [0.15, 0.2) is 6.61 Å². The summed E-state index contributed by atoms with van der Waals surface area (Å²) < 4.78 is 11.3. The van der Waals surface area contributed by atoms with Crippen LogP contribution in [-0.4, -0.2) is 54.2 Å². The molecule has 0 aliphatic carbocycles. The van der Waals surface area contributed by atoms with Crippen molar-refractivity contribution in [1.29, 1.82) is 0 Å². The fourth-order valence-corrected chi connectivity index (χ4v) is 4.09. The minimum atomic E-state index is -0.886. The number of amides is 2. The Morgan fingerprint density at radius 3 is 2.59 bits per heavy atom. The monoisotopic (exact) mass is 570 g/mol. The van der Waals surface area contributed by atoms with Gasteiger partial charge in [0.05, 0.1) is 22.4 Å². The number of benzene rings is 2. The SMILES string of the molecule is CC(C)(CNC(=O)COc1c(Cl)cccc1C1=NNC(=O)CC1)N[C@@H](O)CCOc1cccc(Cl)c1Cl. The van der Waals surface area contributed by atoms with Crippen molar-refractivity contribution in [2.45, 2.75) is 44.9 Å². The molecule has 2 aromatic carbocycles. The third kappa shape index (κ3) is 8.76. The van der Waals surface area contributed by atoms with E-state index in [4.69, 9.17) is 44.3 Å². The Morgan fingerprint density at radius 1 is 1.14 bits per heavy atom. The second kappa shape index (κ2) is 13.3. The average Bonchev–Trinajstić information content (AvgIpc) is 2.85. The van der Waals surface area contributed by atoms with E-state index in [1.165, 1.54) is 0 Å². The Kier molecular flexibility index (Phi) is 10.4. The molecule has 37 heavy (non-hydrogen) atoms. The van der Waals surface area contributed by atoms with Gasteiger partial charge in [-0.3, -0.25) is 14.9 Å². The van der Waals surface area contributed by atoms with E-state index in [1.54, 1.807) is 36.4 Å². The molecule has 2 aromatic rings. The van der Waals surface area contributed by atoms with Gasteiger partial charge in [-0.15, -0.1) is 0 Å². The molecule has 0 saturated carbocycles. The number of halogens is 3. The zero-order valence-electron chi connectivity index (χ0n) is 20.4. The van der Waals surface area contributed by atoms with Crippen molar-refractivity contribution >= 4 is 52.3 Å². The number of rotatable bonds is 12. The van der Waals surface area contributed by atoms with Gasteiger partial charge in [0, 0.05) is 36.9 Å². The van der Waals surface area contributed by atoms with E-state index in [0.29, 0.717) is 50.7 Å². The summed E-state index contributed by atoms with van der Waals surface area (Å²) >= 11 is 18.4. The van der Waals surface area contributed by atoms with Crippen molar-refractivity contribution in [2.24, 2.45) is 5.10 Å². The number of hydrazone groups is 1. The number of hydrogen-bond donors (Lipinski definition) is 4. The molecule has 0 bridgehead atoms. The second-order valence-corrected chi connectivity index (χ2v) is 10.2. The maximum atomic E-state index is 12.5. The van der Waals surface area contributed by atoms with Crippen LogP contribution in [0.4, 0.5) is 0 Å². The molecule has 9 nitrogen and oxygen atoms in total. The van der Waals surface area contributed by atoms with Gasteiger partial charge in [0.2, 0.25) is 5.91 Å². The van der Waals surface area contributed by atoms with Crippen LogP contribution in [0.5, 0.6) is 11.5 Å². The van der Waals surface area contributed by atoms with Crippen molar-refractivity contribution in [3.05, 3.63) is 57.0 Å². The van der Waals surface area contributed by atoms with Crippen molar-refractivity contribution in [3.8, 4) is 11.5 Å². The fraction of sp³-hybridized carbons (Fsp3) is 0.400. The third-order valence-electron chi connectivity index (χ3n) is 5.38. The van der Waals surface area contributed by atoms with E-state index in [0.717, 1.165) is 0 Å². The Hall–Kier alpha value is -2.56. The van der Waals surface area contributed by atoms with E-state index < -0.39 is 11.8 Å². The fourth-order valence-electron chi connectivity index (χ4n) is 3.51. The maximum absolute atomic E-state index is 12.5. The van der Waals surface area contributed by atoms with Gasteiger partial charge < -0.3 is 19.9 Å². The number of ether oxygens (including phenoxy) is 2. The summed E-state index contributed by atoms with van der Waals surface area (Å²) in [4.78, 5) is 23.9. The molecule has 12 heteroatoms. The molecule has 1 aliphatic rings. The Balaban J connectivity index is 1.45. The van der Waals surface area contributed by atoms with Crippen molar-refractivity contribution in [2.75, 3.05) is 19.8 Å². The number of carbonyl (C=O) groups excluding carboxylic acids is 2. The molecule has 0 radical (unpaired) electrons. The van der Waals surface area contributed by atoms with Crippen LogP contribution in [-0.2, 0) is 9.59 Å². The molecule has 1 aliphatic heterocycles. The molecule has 0 fully saturated rings. The standard InChI is InChI=1S/C25H29Cl3N4O5/c1-25(2,30-20(33)11-12-36-19-8-4-6-16(26)23(19)28)14-29-22(35)13-37-24-15(5-3-7-17(24)27)18-9-10-21(34)32-31-18/h3-8,20,30,33H,9-14H2,1-2H3,(H,29,35)(H,32,34)/t20-/m0/s1. The van der Waals surface area contributed by atoms with Crippen LogP contribution in [0, 0.1) is 0 Å². The van der Waals surface area contributed by atoms with Gasteiger partial charge >= 0.3 is 0 Å². The molecule has 1 heterocycles. The Morgan fingerprint density at radius 2 is 1.86 bits per heavy atom. The number of carbonyl (C=O) groups is 2. The van der Waals surface area contributed by atoms with E-state index >= 15 is 0 Å². The molecule has 0 unspecified atom stereocenters. The minimum absolute atomic E-state index is 0.160. The summed E-state index contributed by atoms with van der Waals surface area (Å²) in [5, 5.41) is 21.3. The van der Waals surface area contributed by atoms with Crippen molar-refractivity contribution in [3.63, 3.8) is 0 Å². The highest BCUT2D eigenvalue weighted by molar-refractivity contribution is 6.42. The van der Waals surface area contributed by atoms with E-state index in [9.17, 15) is 14.7 Å². The van der Waals surface area contributed by atoms with Crippen LogP contribution in [0.15, 0.2) is 41.5 Å². The quantitative estimate of drug-likeness (QED) is 0.287. The largest absolute Gasteiger partial charge is 0.492 e. The summed E-state index contributed by atoms with van der Waals surface area (Å²) in [5.41, 5.74) is 3.05. The number of hydrogen-bond acceptors (Lipinski definition) is 7. The molecule has 4 N–H and O–H groups in total. The van der Waals surface area contributed by atoms with Crippen LogP contribution in [0.3, 0.4) is 0 Å². The first-order valence-corrected chi connectivity index (χ1v) is 12.8. The highest BCUT2D eigenvalue weighted by Gasteiger charge is 2.23. The summed E-state index contributed by atoms with van der Waals surface area (Å²) in [6.45, 7) is 3.84. The summed E-state index contributed by atoms with van der Waals surface area (Å²) in [6, 6.07) is 10.3. The maximum Gasteiger partial charge on any atom is 0.258 e. The topological polar surface area (TPSA) is 121 Å². The molecule has 200 valence electrons. The normalized spacial score (nSPS) is 14.4. The average molecular weight is 572 g/mol. The van der Waals surface area contributed by atoms with Gasteiger partial charge in [-0.2, -0.15) is 5.10 Å². The van der Waals surface area contributed by atoms with Gasteiger partial charge in [-0.1, -0.05) is 46.9 Å². The van der Waals surface area contributed by atoms with Crippen LogP contribution in [0.25, 0.3) is 0 Å². The van der Waals surface area contributed by atoms with Crippen LogP contribution in [0.1, 0.15) is 38.7 Å². The Labute approximate surface area is 230 Å². The molecule has 3 rings (SSSR count). The predicted molar refractivity (Wildman–Crippen MR) is 144 cm³/mol. The summed E-state index contributed by atoms with van der Waals surface area (Å²) in [7, 11) is 0. The molecule has 0 spiro atoms. The lowest BCUT2D eigenvalue weighted by Crippen LogP contribution is -2.53. The van der Waals surface area contributed by atoms with E-state index in [1.807, 2.05) is 13.8 Å². The molecular weight excluding hydrogens is 543 g/mol. The molecule has 2 amide bonds. The molecule has 1 atom stereocenters. The number of para-hydroxylation sites is 1. The number of aliphatic hydroxyl groups excluding tert-OH is 1. The van der Waals surface area contributed by atoms with Crippen LogP contribution < -0.4 is 25.5 Å². The van der Waals surface area contributed by atoms with Crippen molar-refractivity contribution in [1.82, 2.24) is 16.1 Å². The third-order valence-corrected chi connectivity index (χ3v) is 6.48.